The molecule has 0 N–H and O–H groups in total. The fraction of sp³-hybridized carbons (Fsp3) is 0.250. The summed E-state index contributed by atoms with van der Waals surface area (Å²) in [4.78, 5) is 0. The van der Waals surface area contributed by atoms with E-state index in [1.165, 1.54) is 14.7 Å². The van der Waals surface area contributed by atoms with E-state index < -0.39 is 0 Å². The maximum atomic E-state index is 2.40. The summed E-state index contributed by atoms with van der Waals surface area (Å²) in [5, 5.41) is 0. The Morgan fingerprint density at radius 1 is 1.30 bits per heavy atom. The molecule has 0 saturated carbocycles. The fourth-order valence-electron chi connectivity index (χ4n) is 0.841. The van der Waals surface area contributed by atoms with Crippen molar-refractivity contribution in [1.82, 2.24) is 0 Å². The molecule has 50 valence electrons. The summed E-state index contributed by atoms with van der Waals surface area (Å²) in [6.45, 7) is 4.37. The van der Waals surface area contributed by atoms with Crippen molar-refractivity contribution in [3.8, 4) is 0 Å². The van der Waals surface area contributed by atoms with Gasteiger partial charge in [0.1, 0.15) is 0 Å². The quantitative estimate of drug-likeness (QED) is 0.430. The average Bonchev–Trinajstić information content (AvgIpc) is 1.82. The molecule has 0 radical (unpaired) electrons. The Morgan fingerprint density at radius 2 is 1.90 bits per heavy atom. The Labute approximate surface area is 91.2 Å². The van der Waals surface area contributed by atoms with E-state index in [0.29, 0.717) is 0 Å². The summed E-state index contributed by atoms with van der Waals surface area (Å²) >= 11 is 3.37. The van der Waals surface area contributed by atoms with Crippen molar-refractivity contribution in [2.24, 2.45) is 0 Å². The molecule has 1 aromatic rings. The van der Waals surface area contributed by atoms with Gasteiger partial charge in [0.25, 0.3) is 0 Å². The Morgan fingerprint density at radius 3 is 2.40 bits per heavy atom. The standard InChI is InChI=1S/C8H8I.Tl/c1-6-3-4-7(2)8(9)5-6;/h3,5H,1-2H3;. The Kier molecular flexibility index (Phi) is 3.15. The zero-order valence-corrected chi connectivity index (χ0v) is 12.8. The van der Waals surface area contributed by atoms with Crippen LogP contribution in [0.25, 0.3) is 0 Å². The Hall–Kier alpha value is 0.872. The van der Waals surface area contributed by atoms with Gasteiger partial charge in [-0.25, -0.2) is 0 Å². The second kappa shape index (κ2) is 3.51. The van der Waals surface area contributed by atoms with Crippen LogP contribution in [0.2, 0.25) is 0 Å². The molecule has 0 amide bonds. The van der Waals surface area contributed by atoms with E-state index in [1.54, 1.807) is 3.12 Å². The van der Waals surface area contributed by atoms with E-state index in [9.17, 15) is 0 Å². The predicted octanol–water partition coefficient (Wildman–Crippen LogP) is 1.70. The molecule has 0 aliphatic rings. The van der Waals surface area contributed by atoms with Crippen molar-refractivity contribution in [2.75, 3.05) is 0 Å². The molecule has 0 nitrogen and oxygen atoms in total. The number of halogens is 1. The van der Waals surface area contributed by atoms with Crippen LogP contribution in [0, 0.1) is 17.4 Å². The summed E-state index contributed by atoms with van der Waals surface area (Å²) < 4.78 is 2.97. The van der Waals surface area contributed by atoms with Crippen LogP contribution in [0.3, 0.4) is 0 Å². The molecule has 10 heavy (non-hydrogen) atoms. The molecule has 0 saturated heterocycles. The monoisotopic (exact) mass is 436 g/mol. The molecule has 0 aromatic heterocycles. The van der Waals surface area contributed by atoms with E-state index >= 15 is 0 Å². The number of hydrogen-bond acceptors (Lipinski definition) is 0. The summed E-state index contributed by atoms with van der Waals surface area (Å²) in [7, 11) is 0. The second-order valence-electron chi connectivity index (χ2n) is 2.46. The first-order chi connectivity index (χ1) is 4.61. The molecule has 0 aliphatic carbocycles. The van der Waals surface area contributed by atoms with Crippen LogP contribution >= 0.6 is 22.6 Å². The number of rotatable bonds is 0. The van der Waals surface area contributed by atoms with Crippen LogP contribution in [0.15, 0.2) is 12.1 Å². The molecule has 1 aromatic carbocycles. The van der Waals surface area contributed by atoms with E-state index in [4.69, 9.17) is 0 Å². The minimum absolute atomic E-state index is 0.971. The van der Waals surface area contributed by atoms with Crippen LogP contribution in [0.5, 0.6) is 0 Å². The van der Waals surface area contributed by atoms with Gasteiger partial charge in [-0.05, 0) is 0 Å². The fourth-order valence-corrected chi connectivity index (χ4v) is 4.41. The molecular weight excluding hydrogens is 427 g/mol. The van der Waals surface area contributed by atoms with Gasteiger partial charge >= 0.3 is 92.2 Å². The second-order valence-corrected chi connectivity index (χ2v) is 6.04. The third-order valence-corrected chi connectivity index (χ3v) is 4.98. The van der Waals surface area contributed by atoms with Crippen LogP contribution < -0.4 is 3.12 Å². The first-order valence-electron chi connectivity index (χ1n) is 3.13. The van der Waals surface area contributed by atoms with Gasteiger partial charge in [0, 0.05) is 0 Å². The van der Waals surface area contributed by atoms with Crippen LogP contribution in [0.4, 0.5) is 0 Å². The number of hydrogen-bond donors (Lipinski definition) is 0. The molecule has 1 rings (SSSR count). The van der Waals surface area contributed by atoms with Gasteiger partial charge in [0.05, 0.1) is 0 Å². The van der Waals surface area contributed by atoms with Gasteiger partial charge in [0.2, 0.25) is 0 Å². The Balaban J connectivity index is 3.31. The van der Waals surface area contributed by atoms with Gasteiger partial charge in [-0.3, -0.25) is 0 Å². The van der Waals surface area contributed by atoms with Crippen molar-refractivity contribution in [3.63, 3.8) is 0 Å². The van der Waals surface area contributed by atoms with Gasteiger partial charge in [-0.1, -0.05) is 0 Å². The molecule has 0 fully saturated rings. The maximum absolute atomic E-state index is 2.40. The third kappa shape index (κ3) is 1.93. The molecule has 0 aliphatic heterocycles. The van der Waals surface area contributed by atoms with Crippen molar-refractivity contribution < 1.29 is 0 Å². The van der Waals surface area contributed by atoms with E-state index in [1.807, 2.05) is 0 Å². The van der Waals surface area contributed by atoms with Crippen LogP contribution in [-0.2, 0) is 0 Å². The SMILES string of the molecule is Cc1cc(I)c(C)[c]([Tl])c1. The summed E-state index contributed by atoms with van der Waals surface area (Å²) in [6.07, 6.45) is 0. The molecule has 0 spiro atoms. The first-order valence-corrected chi connectivity index (χ1v) is 6.46. The van der Waals surface area contributed by atoms with Gasteiger partial charge < -0.3 is 0 Å². The molecule has 0 heterocycles. The summed E-state index contributed by atoms with van der Waals surface area (Å²) in [6, 6.07) is 4.53. The van der Waals surface area contributed by atoms with Crippen molar-refractivity contribution >= 4 is 51.5 Å². The summed E-state index contributed by atoms with van der Waals surface area (Å²) in [5.41, 5.74) is 2.88. The average molecular weight is 435 g/mol. The van der Waals surface area contributed by atoms with E-state index in [2.05, 4.69) is 48.6 Å². The zero-order chi connectivity index (χ0) is 7.72. The van der Waals surface area contributed by atoms with Gasteiger partial charge in [-0.15, -0.1) is 0 Å². The van der Waals surface area contributed by atoms with Crippen LogP contribution in [-0.4, -0.2) is 25.8 Å². The first kappa shape index (κ1) is 8.96. The van der Waals surface area contributed by atoms with Crippen molar-refractivity contribution in [2.45, 2.75) is 13.8 Å². The van der Waals surface area contributed by atoms with Crippen molar-refractivity contribution in [1.29, 1.82) is 0 Å². The normalized spacial score (nSPS) is 9.80. The third-order valence-electron chi connectivity index (χ3n) is 1.53. The molecule has 2 heteroatoms. The van der Waals surface area contributed by atoms with Gasteiger partial charge in [0.15, 0.2) is 0 Å². The Bertz CT molecular complexity index is 232. The van der Waals surface area contributed by atoms with Crippen LogP contribution in [0.1, 0.15) is 11.1 Å². The zero-order valence-electron chi connectivity index (χ0n) is 6.11. The minimum atomic E-state index is 0.971. The number of aryl methyl sites for hydroxylation is 1. The molecular formula is C8H8ITl. The van der Waals surface area contributed by atoms with E-state index in [0.717, 1.165) is 25.8 Å². The van der Waals surface area contributed by atoms with Crippen molar-refractivity contribution in [3.05, 3.63) is 26.8 Å². The summed E-state index contributed by atoms with van der Waals surface area (Å²) in [5.74, 6) is 0. The topological polar surface area (TPSA) is 0 Å². The predicted molar refractivity (Wildman–Crippen MR) is 54.0 cm³/mol. The molecule has 0 atom stereocenters. The molecule has 0 unspecified atom stereocenters. The molecule has 0 bridgehead atoms. The van der Waals surface area contributed by atoms with E-state index in [-0.39, 0.29) is 0 Å². The number of benzene rings is 1. The van der Waals surface area contributed by atoms with Gasteiger partial charge in [-0.2, -0.15) is 0 Å².